The van der Waals surface area contributed by atoms with Crippen molar-refractivity contribution in [2.75, 3.05) is 6.61 Å². The first-order valence-electron chi connectivity index (χ1n) is 4.53. The van der Waals surface area contributed by atoms with Crippen molar-refractivity contribution in [3.8, 4) is 5.75 Å². The normalized spacial score (nSPS) is 11.6. The van der Waals surface area contributed by atoms with Gasteiger partial charge in [-0.2, -0.15) is 13.2 Å². The van der Waals surface area contributed by atoms with Crippen LogP contribution in [-0.2, 0) is 0 Å². The molecule has 0 saturated heterocycles. The zero-order valence-electron chi connectivity index (χ0n) is 8.15. The maximum atomic E-state index is 12.8. The fraction of sp³-hybridized carbons (Fsp3) is 0.400. The van der Waals surface area contributed by atoms with E-state index in [1.54, 1.807) is 0 Å². The Morgan fingerprint density at radius 1 is 1.25 bits per heavy atom. The molecular formula is C10H9BrF4O. The maximum absolute atomic E-state index is 12.8. The Bertz CT molecular complexity index is 351. The highest BCUT2D eigenvalue weighted by Crippen LogP contribution is 2.26. The topological polar surface area (TPSA) is 9.23 Å². The van der Waals surface area contributed by atoms with Crippen molar-refractivity contribution < 1.29 is 22.3 Å². The van der Waals surface area contributed by atoms with E-state index in [0.29, 0.717) is 4.47 Å². The van der Waals surface area contributed by atoms with Crippen LogP contribution in [0.1, 0.15) is 12.8 Å². The van der Waals surface area contributed by atoms with Crippen LogP contribution in [0, 0.1) is 5.82 Å². The van der Waals surface area contributed by atoms with Crippen molar-refractivity contribution in [2.24, 2.45) is 0 Å². The summed E-state index contributed by atoms with van der Waals surface area (Å²) in [4.78, 5) is 0. The molecule has 0 amide bonds. The lowest BCUT2D eigenvalue weighted by molar-refractivity contribution is -0.136. The first-order valence-corrected chi connectivity index (χ1v) is 5.32. The van der Waals surface area contributed by atoms with Crippen LogP contribution in [0.4, 0.5) is 17.6 Å². The molecule has 0 aliphatic rings. The molecule has 0 heterocycles. The second-order valence-electron chi connectivity index (χ2n) is 3.14. The molecule has 6 heteroatoms. The van der Waals surface area contributed by atoms with Gasteiger partial charge in [0.25, 0.3) is 0 Å². The second kappa shape index (κ2) is 5.52. The van der Waals surface area contributed by atoms with E-state index in [-0.39, 0.29) is 18.8 Å². The Labute approximate surface area is 98.5 Å². The Hall–Kier alpha value is -0.780. The molecule has 0 atom stereocenters. The molecule has 0 bridgehead atoms. The number of hydrogen-bond donors (Lipinski definition) is 0. The number of ether oxygens (including phenoxy) is 1. The number of halogens is 5. The molecular weight excluding hydrogens is 292 g/mol. The number of hydrogen-bond acceptors (Lipinski definition) is 1. The molecule has 1 rings (SSSR count). The molecule has 0 aromatic heterocycles. The summed E-state index contributed by atoms with van der Waals surface area (Å²) in [7, 11) is 0. The van der Waals surface area contributed by atoms with Gasteiger partial charge in [-0.25, -0.2) is 4.39 Å². The van der Waals surface area contributed by atoms with Crippen LogP contribution in [0.2, 0.25) is 0 Å². The third kappa shape index (κ3) is 4.83. The van der Waals surface area contributed by atoms with Crippen molar-refractivity contribution in [2.45, 2.75) is 19.0 Å². The summed E-state index contributed by atoms with van der Waals surface area (Å²) < 4.78 is 53.7. The minimum Gasteiger partial charge on any atom is -0.492 e. The van der Waals surface area contributed by atoms with Crippen LogP contribution in [-0.4, -0.2) is 12.8 Å². The van der Waals surface area contributed by atoms with Gasteiger partial charge in [-0.1, -0.05) is 0 Å². The molecule has 0 aliphatic carbocycles. The monoisotopic (exact) mass is 300 g/mol. The number of rotatable bonds is 4. The summed E-state index contributed by atoms with van der Waals surface area (Å²) in [6, 6.07) is 3.79. The zero-order valence-corrected chi connectivity index (χ0v) is 9.74. The summed E-state index contributed by atoms with van der Waals surface area (Å²) in [5.74, 6) is -0.281. The van der Waals surface area contributed by atoms with E-state index in [4.69, 9.17) is 4.74 Å². The standard InChI is InChI=1S/C10H9BrF4O/c11-8-3-2-7(12)6-9(8)16-5-1-4-10(13,14)15/h2-3,6H,1,4-5H2. The fourth-order valence-electron chi connectivity index (χ4n) is 1.04. The summed E-state index contributed by atoms with van der Waals surface area (Å²) in [5.41, 5.74) is 0. The van der Waals surface area contributed by atoms with E-state index in [1.807, 2.05) is 0 Å². The predicted octanol–water partition coefficient (Wildman–Crippen LogP) is 4.31. The number of benzene rings is 1. The molecule has 0 aliphatic heterocycles. The van der Waals surface area contributed by atoms with Gasteiger partial charge in [0.2, 0.25) is 0 Å². The van der Waals surface area contributed by atoms with Crippen LogP contribution in [0.25, 0.3) is 0 Å². The first kappa shape index (κ1) is 13.3. The summed E-state index contributed by atoms with van der Waals surface area (Å²) in [5, 5.41) is 0. The van der Waals surface area contributed by atoms with Crippen LogP contribution >= 0.6 is 15.9 Å². The Kier molecular flexibility index (Phi) is 4.58. The maximum Gasteiger partial charge on any atom is 0.389 e. The van der Waals surface area contributed by atoms with Gasteiger partial charge in [0.05, 0.1) is 11.1 Å². The van der Waals surface area contributed by atoms with Gasteiger partial charge in [0, 0.05) is 12.5 Å². The smallest absolute Gasteiger partial charge is 0.389 e. The SMILES string of the molecule is Fc1ccc(Br)c(OCCCC(F)(F)F)c1. The average Bonchev–Trinajstić information content (AvgIpc) is 2.16. The van der Waals surface area contributed by atoms with Crippen molar-refractivity contribution in [1.29, 1.82) is 0 Å². The lowest BCUT2D eigenvalue weighted by atomic mass is 10.3. The van der Waals surface area contributed by atoms with Crippen molar-refractivity contribution >= 4 is 15.9 Å². The van der Waals surface area contributed by atoms with E-state index in [9.17, 15) is 17.6 Å². The predicted molar refractivity (Wildman–Crippen MR) is 54.9 cm³/mol. The van der Waals surface area contributed by atoms with Crippen LogP contribution < -0.4 is 4.74 Å². The highest BCUT2D eigenvalue weighted by molar-refractivity contribution is 9.10. The molecule has 0 spiro atoms. The van der Waals surface area contributed by atoms with Crippen molar-refractivity contribution in [3.63, 3.8) is 0 Å². The molecule has 0 fully saturated rings. The summed E-state index contributed by atoms with van der Waals surface area (Å²) in [6.07, 6.45) is -5.23. The minimum atomic E-state index is -4.18. The fourth-order valence-corrected chi connectivity index (χ4v) is 1.40. The molecule has 90 valence electrons. The van der Waals surface area contributed by atoms with Crippen molar-refractivity contribution in [3.05, 3.63) is 28.5 Å². The molecule has 0 radical (unpaired) electrons. The third-order valence-electron chi connectivity index (χ3n) is 1.76. The highest BCUT2D eigenvalue weighted by atomic mass is 79.9. The molecule has 0 unspecified atom stereocenters. The Morgan fingerprint density at radius 3 is 2.56 bits per heavy atom. The summed E-state index contributed by atoms with van der Waals surface area (Å²) >= 11 is 3.11. The van der Waals surface area contributed by atoms with Gasteiger partial charge in [0.15, 0.2) is 0 Å². The van der Waals surface area contributed by atoms with Crippen molar-refractivity contribution in [1.82, 2.24) is 0 Å². The van der Waals surface area contributed by atoms with Gasteiger partial charge >= 0.3 is 6.18 Å². The van der Waals surface area contributed by atoms with E-state index < -0.39 is 18.4 Å². The van der Waals surface area contributed by atoms with Crippen LogP contribution in [0.15, 0.2) is 22.7 Å². The first-order chi connectivity index (χ1) is 7.38. The van der Waals surface area contributed by atoms with Gasteiger partial charge < -0.3 is 4.74 Å². The molecule has 1 nitrogen and oxygen atoms in total. The molecule has 0 saturated carbocycles. The number of alkyl halides is 3. The molecule has 1 aromatic carbocycles. The van der Waals surface area contributed by atoms with E-state index in [2.05, 4.69) is 15.9 Å². The Morgan fingerprint density at radius 2 is 1.94 bits per heavy atom. The average molecular weight is 301 g/mol. The summed E-state index contributed by atoms with van der Waals surface area (Å²) in [6.45, 7) is -0.0957. The molecule has 16 heavy (non-hydrogen) atoms. The Balaban J connectivity index is 2.40. The van der Waals surface area contributed by atoms with Gasteiger partial charge in [-0.15, -0.1) is 0 Å². The quantitative estimate of drug-likeness (QED) is 0.595. The second-order valence-corrected chi connectivity index (χ2v) is 4.00. The third-order valence-corrected chi connectivity index (χ3v) is 2.41. The van der Waals surface area contributed by atoms with E-state index in [0.717, 1.165) is 6.07 Å². The van der Waals surface area contributed by atoms with Crippen LogP contribution in [0.5, 0.6) is 5.75 Å². The van der Waals surface area contributed by atoms with Gasteiger partial charge in [-0.05, 0) is 34.5 Å². The van der Waals surface area contributed by atoms with E-state index in [1.165, 1.54) is 12.1 Å². The largest absolute Gasteiger partial charge is 0.492 e. The van der Waals surface area contributed by atoms with Crippen LogP contribution in [0.3, 0.4) is 0 Å². The van der Waals surface area contributed by atoms with E-state index >= 15 is 0 Å². The van der Waals surface area contributed by atoms with Gasteiger partial charge in [0.1, 0.15) is 11.6 Å². The highest BCUT2D eigenvalue weighted by Gasteiger charge is 2.26. The molecule has 1 aromatic rings. The molecule has 0 N–H and O–H groups in total. The van der Waals surface area contributed by atoms with Gasteiger partial charge in [-0.3, -0.25) is 0 Å². The minimum absolute atomic E-state index is 0.0957. The lowest BCUT2D eigenvalue weighted by Crippen LogP contribution is -2.09. The zero-order chi connectivity index (χ0) is 12.2. The lowest BCUT2D eigenvalue weighted by Gasteiger charge is -2.09.